The van der Waals surface area contributed by atoms with Gasteiger partial charge < -0.3 is 9.72 Å². The third-order valence-electron chi connectivity index (χ3n) is 6.77. The van der Waals surface area contributed by atoms with Crippen molar-refractivity contribution in [3.8, 4) is 28.1 Å². The lowest BCUT2D eigenvalue weighted by Crippen LogP contribution is -2.08. The molecule has 0 bridgehead atoms. The van der Waals surface area contributed by atoms with E-state index in [1.54, 1.807) is 0 Å². The first-order valence-corrected chi connectivity index (χ1v) is 11.3. The zero-order valence-corrected chi connectivity index (χ0v) is 18.5. The summed E-state index contributed by atoms with van der Waals surface area (Å²) in [4.78, 5) is 12.9. The standard InChI is InChI=1S/C27H27N3O/c1-14(2)23-11-22-20-8-18-13-31-26-10-16(25-12-28-27(30-25)15(3)4)5-6-19(26)21(18)7-17(20)9-24(22)29-23/h5-8,10,12,14-15H,9,11,13H2,1-4H3,(H,28,30). The van der Waals surface area contributed by atoms with Crippen molar-refractivity contribution in [1.29, 1.82) is 0 Å². The molecule has 3 heterocycles. The Hall–Kier alpha value is -3.14. The number of nitrogens with zero attached hydrogens (tertiary/aromatic N) is 2. The fourth-order valence-corrected chi connectivity index (χ4v) is 4.92. The van der Waals surface area contributed by atoms with E-state index in [1.807, 2.05) is 6.20 Å². The van der Waals surface area contributed by atoms with Gasteiger partial charge in [-0.05, 0) is 58.0 Å². The summed E-state index contributed by atoms with van der Waals surface area (Å²) in [7, 11) is 0. The maximum atomic E-state index is 6.22. The minimum absolute atomic E-state index is 0.382. The molecule has 1 aliphatic carbocycles. The topological polar surface area (TPSA) is 50.3 Å². The van der Waals surface area contributed by atoms with Gasteiger partial charge in [0.1, 0.15) is 18.2 Å². The van der Waals surface area contributed by atoms with Crippen molar-refractivity contribution in [3.05, 3.63) is 64.7 Å². The van der Waals surface area contributed by atoms with Crippen LogP contribution in [0.3, 0.4) is 0 Å². The third-order valence-corrected chi connectivity index (χ3v) is 6.77. The molecule has 0 saturated heterocycles. The van der Waals surface area contributed by atoms with Gasteiger partial charge in [-0.15, -0.1) is 0 Å². The second-order valence-corrected chi connectivity index (χ2v) is 9.54. The quantitative estimate of drug-likeness (QED) is 0.535. The van der Waals surface area contributed by atoms with Gasteiger partial charge in [0.15, 0.2) is 0 Å². The molecule has 0 amide bonds. The molecule has 4 nitrogen and oxygen atoms in total. The van der Waals surface area contributed by atoms with Crippen LogP contribution in [0.5, 0.6) is 5.75 Å². The summed E-state index contributed by atoms with van der Waals surface area (Å²) < 4.78 is 6.22. The molecule has 6 rings (SSSR count). The molecular weight excluding hydrogens is 382 g/mol. The highest BCUT2D eigenvalue weighted by Gasteiger charge is 2.30. The van der Waals surface area contributed by atoms with Crippen LogP contribution < -0.4 is 4.74 Å². The van der Waals surface area contributed by atoms with E-state index in [1.165, 1.54) is 44.8 Å². The molecule has 1 aromatic heterocycles. The number of allylic oxidation sites excluding steroid dienone is 2. The Morgan fingerprint density at radius 1 is 0.903 bits per heavy atom. The summed E-state index contributed by atoms with van der Waals surface area (Å²) in [5, 5.41) is 0. The molecule has 1 N–H and O–H groups in total. The summed E-state index contributed by atoms with van der Waals surface area (Å²) in [6.07, 6.45) is 3.87. The molecule has 4 heteroatoms. The highest BCUT2D eigenvalue weighted by Crippen LogP contribution is 2.46. The summed E-state index contributed by atoms with van der Waals surface area (Å²) in [5.41, 5.74) is 12.7. The maximum absolute atomic E-state index is 6.22. The number of nitrogens with one attached hydrogen (secondary N) is 1. The fourth-order valence-electron chi connectivity index (χ4n) is 4.92. The Balaban J connectivity index is 1.35. The van der Waals surface area contributed by atoms with Crippen molar-refractivity contribution in [2.45, 2.75) is 53.1 Å². The van der Waals surface area contributed by atoms with E-state index in [9.17, 15) is 0 Å². The number of hydrogen-bond donors (Lipinski definition) is 1. The molecule has 0 saturated carbocycles. The Bertz CT molecular complexity index is 1290. The molecule has 31 heavy (non-hydrogen) atoms. The van der Waals surface area contributed by atoms with E-state index >= 15 is 0 Å². The van der Waals surface area contributed by atoms with Crippen LogP contribution in [-0.2, 0) is 13.0 Å². The molecule has 2 aromatic carbocycles. The number of hydrogen-bond acceptors (Lipinski definition) is 3. The summed E-state index contributed by atoms with van der Waals surface area (Å²) in [6.45, 7) is 9.38. The fraction of sp³-hybridized carbons (Fsp3) is 0.333. The Morgan fingerprint density at radius 3 is 2.52 bits per heavy atom. The van der Waals surface area contributed by atoms with Crippen LogP contribution >= 0.6 is 0 Å². The summed E-state index contributed by atoms with van der Waals surface area (Å²) >= 11 is 0. The molecule has 2 aliphatic heterocycles. The molecule has 3 aromatic rings. The summed E-state index contributed by atoms with van der Waals surface area (Å²) in [6, 6.07) is 11.2. The second-order valence-electron chi connectivity index (χ2n) is 9.54. The molecule has 0 fully saturated rings. The van der Waals surface area contributed by atoms with Crippen LogP contribution in [0.25, 0.3) is 28.0 Å². The van der Waals surface area contributed by atoms with Gasteiger partial charge >= 0.3 is 0 Å². The van der Waals surface area contributed by atoms with Crippen molar-refractivity contribution >= 4 is 11.3 Å². The zero-order valence-electron chi connectivity index (χ0n) is 18.5. The average Bonchev–Trinajstić information content (AvgIpc) is 3.46. The zero-order chi connectivity index (χ0) is 21.3. The minimum atomic E-state index is 0.382. The second kappa shape index (κ2) is 6.68. The number of H-pyrrole nitrogens is 1. The van der Waals surface area contributed by atoms with Gasteiger partial charge in [-0.25, -0.2) is 4.98 Å². The van der Waals surface area contributed by atoms with Crippen molar-refractivity contribution in [1.82, 2.24) is 9.97 Å². The number of imidazole rings is 1. The van der Waals surface area contributed by atoms with E-state index in [0.717, 1.165) is 35.7 Å². The van der Waals surface area contributed by atoms with Crippen LogP contribution in [0.1, 0.15) is 62.5 Å². The Kier molecular flexibility index (Phi) is 4.01. The van der Waals surface area contributed by atoms with Gasteiger partial charge in [0.2, 0.25) is 0 Å². The number of rotatable bonds is 3. The van der Waals surface area contributed by atoms with Crippen LogP contribution in [0.4, 0.5) is 0 Å². The SMILES string of the molecule is CC(C)C1=NC2=C(C1)c1cc3c(cc1C2)-c1ccc(-c2cnc(C(C)C)[nH]2)cc1OC3. The lowest BCUT2D eigenvalue weighted by molar-refractivity contribution is 0.302. The molecule has 0 radical (unpaired) electrons. The van der Waals surface area contributed by atoms with Crippen LogP contribution in [0.2, 0.25) is 0 Å². The first kappa shape index (κ1) is 18.6. The predicted octanol–water partition coefficient (Wildman–Crippen LogP) is 6.53. The highest BCUT2D eigenvalue weighted by atomic mass is 16.5. The van der Waals surface area contributed by atoms with Gasteiger partial charge in [0.05, 0.1) is 11.9 Å². The van der Waals surface area contributed by atoms with E-state index < -0.39 is 0 Å². The number of fused-ring (bicyclic) bond motifs is 5. The highest BCUT2D eigenvalue weighted by molar-refractivity contribution is 6.03. The Morgan fingerprint density at radius 2 is 1.74 bits per heavy atom. The number of benzene rings is 2. The lowest BCUT2D eigenvalue weighted by atomic mass is 9.89. The molecule has 3 aliphatic rings. The van der Waals surface area contributed by atoms with Crippen molar-refractivity contribution < 1.29 is 4.74 Å². The van der Waals surface area contributed by atoms with Crippen LogP contribution in [0.15, 0.2) is 47.2 Å². The molecule has 0 atom stereocenters. The third kappa shape index (κ3) is 2.88. The average molecular weight is 410 g/mol. The number of ether oxygens (including phenoxy) is 1. The van der Waals surface area contributed by atoms with E-state index in [-0.39, 0.29) is 0 Å². The largest absolute Gasteiger partial charge is 0.488 e. The first-order chi connectivity index (χ1) is 15.0. The van der Waals surface area contributed by atoms with E-state index in [0.29, 0.717) is 18.4 Å². The number of aromatic amines is 1. The van der Waals surface area contributed by atoms with E-state index in [2.05, 4.69) is 68.0 Å². The minimum Gasteiger partial charge on any atom is -0.488 e. The maximum Gasteiger partial charge on any atom is 0.128 e. The van der Waals surface area contributed by atoms with Gasteiger partial charge in [-0.1, -0.05) is 33.8 Å². The molecule has 0 spiro atoms. The first-order valence-electron chi connectivity index (χ1n) is 11.3. The summed E-state index contributed by atoms with van der Waals surface area (Å²) in [5.74, 6) is 2.86. The van der Waals surface area contributed by atoms with Crippen molar-refractivity contribution in [2.75, 3.05) is 0 Å². The monoisotopic (exact) mass is 409 g/mol. The van der Waals surface area contributed by atoms with Crippen molar-refractivity contribution in [2.24, 2.45) is 10.9 Å². The van der Waals surface area contributed by atoms with Crippen molar-refractivity contribution in [3.63, 3.8) is 0 Å². The van der Waals surface area contributed by atoms with Crippen LogP contribution in [0, 0.1) is 5.92 Å². The normalized spacial score (nSPS) is 16.3. The predicted molar refractivity (Wildman–Crippen MR) is 125 cm³/mol. The van der Waals surface area contributed by atoms with E-state index in [4.69, 9.17) is 9.73 Å². The van der Waals surface area contributed by atoms with Crippen LogP contribution in [-0.4, -0.2) is 15.7 Å². The van der Waals surface area contributed by atoms with Gasteiger partial charge in [-0.3, -0.25) is 4.99 Å². The van der Waals surface area contributed by atoms with Gasteiger partial charge in [0.25, 0.3) is 0 Å². The molecular formula is C27H27N3O. The number of aliphatic imine (C=N–C) groups is 1. The molecule has 156 valence electrons. The smallest absolute Gasteiger partial charge is 0.128 e. The van der Waals surface area contributed by atoms with Gasteiger partial charge in [0, 0.05) is 41.3 Å². The van der Waals surface area contributed by atoms with Gasteiger partial charge in [-0.2, -0.15) is 0 Å². The lowest BCUT2D eigenvalue weighted by Gasteiger charge is -2.23. The number of aromatic nitrogens is 2. The molecule has 0 unspecified atom stereocenters. The Labute approximate surface area is 183 Å².